The van der Waals surface area contributed by atoms with Crippen LogP contribution in [0.15, 0.2) is 60.7 Å². The molecule has 0 aromatic heterocycles. The van der Waals surface area contributed by atoms with Crippen molar-refractivity contribution in [1.82, 2.24) is 9.80 Å². The fourth-order valence-electron chi connectivity index (χ4n) is 7.91. The van der Waals surface area contributed by atoms with Crippen molar-refractivity contribution in [3.8, 4) is 0 Å². The van der Waals surface area contributed by atoms with Crippen LogP contribution in [-0.4, -0.2) is 59.6 Å². The third-order valence-electron chi connectivity index (χ3n) is 9.80. The standard InChI is InChI=1S/C34H48N2O2/c1-26(21-27-11-5-2-6-12-27)22-28-17-19-35(20-18-28)23-31-24-36(25-32(31)29-13-7-3-8-14-29)33(34(37)38)30-15-9-4-10-16-30/h2-3,5-8,11-14,26,28,30-33H,4,9-10,15-25H2,1H3,(H,37,38)/t26-,31?,32?,33?/m1/s1. The number of carboxylic acids is 1. The van der Waals surface area contributed by atoms with E-state index in [0.29, 0.717) is 17.8 Å². The summed E-state index contributed by atoms with van der Waals surface area (Å²) >= 11 is 0. The highest BCUT2D eigenvalue weighted by molar-refractivity contribution is 5.74. The molecule has 38 heavy (non-hydrogen) atoms. The molecule has 2 saturated heterocycles. The Labute approximate surface area is 230 Å². The molecule has 2 heterocycles. The molecule has 0 radical (unpaired) electrons. The van der Waals surface area contributed by atoms with Gasteiger partial charge in [0.2, 0.25) is 0 Å². The maximum atomic E-state index is 12.5. The third kappa shape index (κ3) is 7.07. The molecule has 206 valence electrons. The van der Waals surface area contributed by atoms with Gasteiger partial charge in [0.15, 0.2) is 0 Å². The average molecular weight is 517 g/mol. The molecular weight excluding hydrogens is 468 g/mol. The second-order valence-corrected chi connectivity index (χ2v) is 12.7. The Balaban J connectivity index is 1.19. The fraction of sp³-hybridized carbons (Fsp3) is 0.618. The van der Waals surface area contributed by atoms with Crippen LogP contribution in [0, 0.1) is 23.7 Å². The van der Waals surface area contributed by atoms with Gasteiger partial charge in [-0.3, -0.25) is 9.69 Å². The first-order chi connectivity index (χ1) is 18.6. The van der Waals surface area contributed by atoms with Crippen molar-refractivity contribution < 1.29 is 9.90 Å². The molecule has 0 spiro atoms. The van der Waals surface area contributed by atoms with Gasteiger partial charge in [-0.1, -0.05) is 86.8 Å². The lowest BCUT2D eigenvalue weighted by Gasteiger charge is -2.36. The normalized spacial score (nSPS) is 25.8. The number of hydrogen-bond acceptors (Lipinski definition) is 3. The van der Waals surface area contributed by atoms with Crippen molar-refractivity contribution in [2.75, 3.05) is 32.7 Å². The Kier molecular flexibility index (Phi) is 9.56. The SMILES string of the molecule is C[C@H](Cc1ccccc1)CC1CCN(CC2CN(C(C(=O)O)C3CCCCC3)CC2c2ccccc2)CC1. The second-order valence-electron chi connectivity index (χ2n) is 12.7. The summed E-state index contributed by atoms with van der Waals surface area (Å²) in [5, 5.41) is 10.3. The Bertz CT molecular complexity index is 982. The van der Waals surface area contributed by atoms with Gasteiger partial charge in [-0.15, -0.1) is 0 Å². The summed E-state index contributed by atoms with van der Waals surface area (Å²) in [5.41, 5.74) is 2.85. The van der Waals surface area contributed by atoms with Crippen LogP contribution >= 0.6 is 0 Å². The molecule has 4 atom stereocenters. The molecule has 3 aliphatic rings. The van der Waals surface area contributed by atoms with Crippen LogP contribution in [0.25, 0.3) is 0 Å². The Morgan fingerprint density at radius 2 is 1.55 bits per heavy atom. The van der Waals surface area contributed by atoms with Gasteiger partial charge >= 0.3 is 5.97 Å². The lowest BCUT2D eigenvalue weighted by molar-refractivity contribution is -0.145. The summed E-state index contributed by atoms with van der Waals surface area (Å²) in [7, 11) is 0. The number of rotatable bonds is 10. The molecule has 3 unspecified atom stereocenters. The summed E-state index contributed by atoms with van der Waals surface area (Å²) < 4.78 is 0. The summed E-state index contributed by atoms with van der Waals surface area (Å²) in [4.78, 5) is 17.6. The van der Waals surface area contributed by atoms with E-state index in [2.05, 4.69) is 77.4 Å². The Morgan fingerprint density at radius 3 is 2.21 bits per heavy atom. The van der Waals surface area contributed by atoms with Crippen LogP contribution in [0.5, 0.6) is 0 Å². The first kappa shape index (κ1) is 27.4. The van der Waals surface area contributed by atoms with Gasteiger partial charge in [0.25, 0.3) is 0 Å². The summed E-state index contributed by atoms with van der Waals surface area (Å²) in [6.07, 6.45) is 10.9. The number of carbonyl (C=O) groups is 1. The van der Waals surface area contributed by atoms with E-state index in [1.54, 1.807) is 0 Å². The van der Waals surface area contributed by atoms with E-state index >= 15 is 0 Å². The van der Waals surface area contributed by atoms with Gasteiger partial charge in [-0.25, -0.2) is 0 Å². The number of benzene rings is 2. The van der Waals surface area contributed by atoms with Crippen molar-refractivity contribution in [3.63, 3.8) is 0 Å². The molecule has 5 rings (SSSR count). The predicted molar refractivity (Wildman–Crippen MR) is 155 cm³/mol. The molecule has 1 saturated carbocycles. The van der Waals surface area contributed by atoms with Crippen LogP contribution in [0.2, 0.25) is 0 Å². The molecule has 4 heteroatoms. The van der Waals surface area contributed by atoms with Crippen molar-refractivity contribution in [1.29, 1.82) is 0 Å². The zero-order valence-electron chi connectivity index (χ0n) is 23.4. The smallest absolute Gasteiger partial charge is 0.321 e. The highest BCUT2D eigenvalue weighted by Crippen LogP contribution is 2.39. The summed E-state index contributed by atoms with van der Waals surface area (Å²) in [6, 6.07) is 21.5. The van der Waals surface area contributed by atoms with Crippen molar-refractivity contribution >= 4 is 5.97 Å². The zero-order valence-corrected chi connectivity index (χ0v) is 23.4. The van der Waals surface area contributed by atoms with Crippen molar-refractivity contribution in [2.24, 2.45) is 23.7 Å². The molecule has 2 aliphatic heterocycles. The van der Waals surface area contributed by atoms with Crippen molar-refractivity contribution in [2.45, 2.75) is 76.7 Å². The highest BCUT2D eigenvalue weighted by Gasteiger charge is 2.43. The van der Waals surface area contributed by atoms with Gasteiger partial charge in [0.1, 0.15) is 6.04 Å². The number of carboxylic acid groups (broad SMARTS) is 1. The highest BCUT2D eigenvalue weighted by atomic mass is 16.4. The van der Waals surface area contributed by atoms with Gasteiger partial charge in [0, 0.05) is 25.6 Å². The van der Waals surface area contributed by atoms with Crippen LogP contribution in [-0.2, 0) is 11.2 Å². The fourth-order valence-corrected chi connectivity index (χ4v) is 7.91. The van der Waals surface area contributed by atoms with Gasteiger partial charge in [-0.2, -0.15) is 0 Å². The van der Waals surface area contributed by atoms with Crippen LogP contribution < -0.4 is 0 Å². The number of likely N-dealkylation sites (tertiary alicyclic amines) is 2. The van der Waals surface area contributed by atoms with E-state index in [0.717, 1.165) is 44.3 Å². The minimum Gasteiger partial charge on any atom is -0.480 e. The average Bonchev–Trinajstić information content (AvgIpc) is 3.34. The number of nitrogens with zero attached hydrogens (tertiary/aromatic N) is 2. The van der Waals surface area contributed by atoms with Crippen molar-refractivity contribution in [3.05, 3.63) is 71.8 Å². The minimum atomic E-state index is -0.602. The van der Waals surface area contributed by atoms with E-state index < -0.39 is 5.97 Å². The minimum absolute atomic E-state index is 0.310. The van der Waals surface area contributed by atoms with Gasteiger partial charge in [-0.05, 0) is 86.4 Å². The Morgan fingerprint density at radius 1 is 0.895 bits per heavy atom. The topological polar surface area (TPSA) is 43.8 Å². The van der Waals surface area contributed by atoms with Gasteiger partial charge in [0.05, 0.1) is 0 Å². The van der Waals surface area contributed by atoms with Gasteiger partial charge < -0.3 is 10.0 Å². The predicted octanol–water partition coefficient (Wildman–Crippen LogP) is 6.72. The quantitative estimate of drug-likeness (QED) is 0.381. The van der Waals surface area contributed by atoms with E-state index in [-0.39, 0.29) is 6.04 Å². The Hall–Kier alpha value is -2.17. The second kappa shape index (κ2) is 13.3. The number of piperidine rings is 1. The molecule has 3 fully saturated rings. The van der Waals surface area contributed by atoms with E-state index in [4.69, 9.17) is 0 Å². The molecule has 2 aromatic carbocycles. The summed E-state index contributed by atoms with van der Waals surface area (Å²) in [6.45, 7) is 7.69. The maximum absolute atomic E-state index is 12.5. The van der Waals surface area contributed by atoms with Crippen LogP contribution in [0.3, 0.4) is 0 Å². The first-order valence-corrected chi connectivity index (χ1v) is 15.3. The lowest BCUT2D eigenvalue weighted by atomic mass is 9.83. The molecule has 4 nitrogen and oxygen atoms in total. The monoisotopic (exact) mass is 516 g/mol. The number of hydrogen-bond donors (Lipinski definition) is 1. The molecule has 0 bridgehead atoms. The van der Waals surface area contributed by atoms with Crippen LogP contribution in [0.4, 0.5) is 0 Å². The molecule has 0 amide bonds. The first-order valence-electron chi connectivity index (χ1n) is 15.3. The summed E-state index contributed by atoms with van der Waals surface area (Å²) in [5.74, 6) is 2.19. The zero-order chi connectivity index (χ0) is 26.3. The molecule has 1 aliphatic carbocycles. The third-order valence-corrected chi connectivity index (χ3v) is 9.80. The molecule has 1 N–H and O–H groups in total. The molecule has 2 aromatic rings. The maximum Gasteiger partial charge on any atom is 0.321 e. The van der Waals surface area contributed by atoms with E-state index in [1.165, 1.54) is 69.2 Å². The molecular formula is C34H48N2O2. The van der Waals surface area contributed by atoms with E-state index in [1.807, 2.05) is 0 Å². The largest absolute Gasteiger partial charge is 0.480 e. The number of aliphatic carboxylic acids is 1. The lowest BCUT2D eigenvalue weighted by Crippen LogP contribution is -2.46. The van der Waals surface area contributed by atoms with E-state index in [9.17, 15) is 9.90 Å². The van der Waals surface area contributed by atoms with Crippen LogP contribution in [0.1, 0.15) is 75.3 Å².